The number of rotatable bonds is 7. The van der Waals surface area contributed by atoms with Crippen LogP contribution in [0.4, 0.5) is 21.5 Å². The lowest BCUT2D eigenvalue weighted by molar-refractivity contribution is 0.627. The lowest BCUT2D eigenvalue weighted by atomic mass is 10.0. The van der Waals surface area contributed by atoms with Gasteiger partial charge in [-0.1, -0.05) is 115 Å². The molecule has 3 nitrogen and oxygen atoms in total. The van der Waals surface area contributed by atoms with Crippen LogP contribution in [0.15, 0.2) is 194 Å². The monoisotopic (exact) mass is 657 g/mol. The van der Waals surface area contributed by atoms with E-state index >= 15 is 4.39 Å². The van der Waals surface area contributed by atoms with Crippen molar-refractivity contribution < 1.29 is 4.39 Å². The van der Waals surface area contributed by atoms with Crippen molar-refractivity contribution in [3.8, 4) is 39.1 Å². The van der Waals surface area contributed by atoms with Gasteiger partial charge in [0.1, 0.15) is 5.82 Å². The van der Waals surface area contributed by atoms with Gasteiger partial charge in [0.2, 0.25) is 0 Å². The highest BCUT2D eigenvalue weighted by Crippen LogP contribution is 2.38. The van der Waals surface area contributed by atoms with E-state index in [9.17, 15) is 0 Å². The molecule has 7 aromatic carbocycles. The number of benzene rings is 7. The second-order valence-corrected chi connectivity index (χ2v) is 12.7. The third-order valence-corrected chi connectivity index (χ3v) is 9.54. The number of anilines is 3. The van der Waals surface area contributed by atoms with Crippen LogP contribution in [0, 0.1) is 5.82 Å². The molecular weight excluding hydrogens is 626 g/mol. The zero-order valence-corrected chi connectivity index (χ0v) is 27.7. The summed E-state index contributed by atoms with van der Waals surface area (Å²) in [7, 11) is 0. The molecule has 0 fully saturated rings. The minimum atomic E-state index is -0.292. The molecule has 0 spiro atoms. The van der Waals surface area contributed by atoms with Crippen molar-refractivity contribution in [3.63, 3.8) is 0 Å². The van der Waals surface area contributed by atoms with E-state index in [-0.39, 0.29) is 5.82 Å². The molecule has 4 heteroatoms. The number of aromatic nitrogens is 2. The van der Waals surface area contributed by atoms with Crippen molar-refractivity contribution in [2.24, 2.45) is 0 Å². The molecule has 0 aliphatic rings. The number of hydrogen-bond donors (Lipinski definition) is 0. The van der Waals surface area contributed by atoms with Gasteiger partial charge in [0.05, 0.1) is 17.2 Å². The molecule has 0 radical (unpaired) electrons. The Morgan fingerprint density at radius 1 is 0.412 bits per heavy atom. The van der Waals surface area contributed by atoms with E-state index in [1.807, 2.05) is 36.5 Å². The molecular formula is C47H32FN3. The molecule has 2 aromatic heterocycles. The number of para-hydroxylation sites is 1. The number of nitrogens with zero attached hydrogens (tertiary/aromatic N) is 3. The van der Waals surface area contributed by atoms with Crippen molar-refractivity contribution >= 4 is 38.9 Å². The van der Waals surface area contributed by atoms with Gasteiger partial charge in [0.25, 0.3) is 0 Å². The van der Waals surface area contributed by atoms with E-state index in [0.29, 0.717) is 0 Å². The molecule has 0 saturated heterocycles. The summed E-state index contributed by atoms with van der Waals surface area (Å²) in [5, 5.41) is 2.20. The van der Waals surface area contributed by atoms with E-state index < -0.39 is 0 Å². The third-order valence-electron chi connectivity index (χ3n) is 9.54. The molecule has 0 N–H and O–H groups in total. The molecule has 0 atom stereocenters. The molecule has 2 heterocycles. The first-order valence-electron chi connectivity index (χ1n) is 17.1. The van der Waals surface area contributed by atoms with Crippen LogP contribution in [-0.4, -0.2) is 9.55 Å². The minimum absolute atomic E-state index is 0.292. The Bertz CT molecular complexity index is 2470. The predicted molar refractivity (Wildman–Crippen MR) is 210 cm³/mol. The van der Waals surface area contributed by atoms with Gasteiger partial charge in [0.15, 0.2) is 0 Å². The van der Waals surface area contributed by atoms with Gasteiger partial charge in [-0.05, 0) is 100 Å². The smallest absolute Gasteiger partial charge is 0.125 e. The normalized spacial score (nSPS) is 11.2. The van der Waals surface area contributed by atoms with Crippen LogP contribution < -0.4 is 4.90 Å². The van der Waals surface area contributed by atoms with Gasteiger partial charge >= 0.3 is 0 Å². The van der Waals surface area contributed by atoms with E-state index in [1.165, 1.54) is 11.1 Å². The minimum Gasteiger partial charge on any atom is -0.311 e. The highest BCUT2D eigenvalue weighted by atomic mass is 19.1. The van der Waals surface area contributed by atoms with E-state index in [1.54, 1.807) is 18.3 Å². The van der Waals surface area contributed by atoms with Crippen molar-refractivity contribution in [1.82, 2.24) is 9.55 Å². The quantitative estimate of drug-likeness (QED) is 0.170. The van der Waals surface area contributed by atoms with Crippen LogP contribution >= 0.6 is 0 Å². The average Bonchev–Trinajstić information content (AvgIpc) is 3.54. The average molecular weight is 658 g/mol. The summed E-state index contributed by atoms with van der Waals surface area (Å²) in [6.45, 7) is 0. The maximum atomic E-state index is 15.4. The van der Waals surface area contributed by atoms with Crippen molar-refractivity contribution in [1.29, 1.82) is 0 Å². The summed E-state index contributed by atoms with van der Waals surface area (Å²) in [6.07, 6.45) is 3.65. The van der Waals surface area contributed by atoms with Gasteiger partial charge in [-0.15, -0.1) is 0 Å². The molecule has 9 aromatic rings. The Kier molecular flexibility index (Phi) is 7.67. The van der Waals surface area contributed by atoms with Crippen LogP contribution in [-0.2, 0) is 0 Å². The fourth-order valence-electron chi connectivity index (χ4n) is 7.08. The van der Waals surface area contributed by atoms with Crippen molar-refractivity contribution in [2.75, 3.05) is 4.90 Å². The Balaban J connectivity index is 1.10. The van der Waals surface area contributed by atoms with Crippen molar-refractivity contribution in [3.05, 3.63) is 200 Å². The maximum absolute atomic E-state index is 15.4. The first-order valence-corrected chi connectivity index (χ1v) is 17.1. The first kappa shape index (κ1) is 30.3. The molecule has 0 unspecified atom stereocenters. The Morgan fingerprint density at radius 2 is 0.882 bits per heavy atom. The molecule has 51 heavy (non-hydrogen) atoms. The third kappa shape index (κ3) is 5.73. The van der Waals surface area contributed by atoms with Gasteiger partial charge in [-0.2, -0.15) is 0 Å². The molecule has 0 aliphatic heterocycles. The lowest BCUT2D eigenvalue weighted by Gasteiger charge is -2.26. The standard InChI is InChI=1S/C47H32FN3/c48-39-29-38(30-43(31-39)51-46-14-8-7-13-44(46)45-27-28-49-32-47(45)51)37-19-25-42(26-20-37)50(40-21-15-35(16-22-40)33-9-3-1-4-10-33)41-23-17-36(18-24-41)34-11-5-2-6-12-34/h1-32H. The fourth-order valence-corrected chi connectivity index (χ4v) is 7.08. The van der Waals surface area contributed by atoms with Crippen LogP contribution in [0.3, 0.4) is 0 Å². The van der Waals surface area contributed by atoms with E-state index in [0.717, 1.165) is 66.8 Å². The van der Waals surface area contributed by atoms with Crippen molar-refractivity contribution in [2.45, 2.75) is 0 Å². The largest absolute Gasteiger partial charge is 0.311 e. The van der Waals surface area contributed by atoms with Gasteiger partial charge < -0.3 is 9.47 Å². The number of pyridine rings is 1. The fraction of sp³-hybridized carbons (Fsp3) is 0. The highest BCUT2D eigenvalue weighted by molar-refractivity contribution is 6.09. The highest BCUT2D eigenvalue weighted by Gasteiger charge is 2.16. The van der Waals surface area contributed by atoms with Crippen LogP contribution in [0.25, 0.3) is 60.9 Å². The zero-order chi connectivity index (χ0) is 34.1. The Labute approximate surface area is 296 Å². The summed E-state index contributed by atoms with van der Waals surface area (Å²) in [5.74, 6) is -0.292. The van der Waals surface area contributed by atoms with Gasteiger partial charge in [-0.3, -0.25) is 4.98 Å². The summed E-state index contributed by atoms with van der Waals surface area (Å²) in [5.41, 5.74) is 12.2. The Morgan fingerprint density at radius 3 is 1.45 bits per heavy atom. The second kappa shape index (κ2) is 12.9. The van der Waals surface area contributed by atoms with Crippen LogP contribution in [0.5, 0.6) is 0 Å². The summed E-state index contributed by atoms with van der Waals surface area (Å²) < 4.78 is 17.5. The molecule has 242 valence electrons. The summed E-state index contributed by atoms with van der Waals surface area (Å²) in [4.78, 5) is 6.65. The second-order valence-electron chi connectivity index (χ2n) is 12.7. The van der Waals surface area contributed by atoms with Crippen LogP contribution in [0.2, 0.25) is 0 Å². The predicted octanol–water partition coefficient (Wildman–Crippen LogP) is 12.8. The summed E-state index contributed by atoms with van der Waals surface area (Å²) >= 11 is 0. The lowest BCUT2D eigenvalue weighted by Crippen LogP contribution is -2.09. The topological polar surface area (TPSA) is 21.1 Å². The molecule has 0 amide bonds. The van der Waals surface area contributed by atoms with E-state index in [2.05, 4.69) is 154 Å². The summed E-state index contributed by atoms with van der Waals surface area (Å²) in [6, 6.07) is 62.0. The van der Waals surface area contributed by atoms with Gasteiger partial charge in [0, 0.05) is 39.7 Å². The maximum Gasteiger partial charge on any atom is 0.125 e. The SMILES string of the molecule is Fc1cc(-c2ccc(N(c3ccc(-c4ccccc4)cc3)c3ccc(-c4ccccc4)cc3)cc2)cc(-n2c3ccccc3c3ccncc32)c1. The molecule has 0 aliphatic carbocycles. The molecule has 0 saturated carbocycles. The van der Waals surface area contributed by atoms with Crippen LogP contribution in [0.1, 0.15) is 0 Å². The molecule has 0 bridgehead atoms. The van der Waals surface area contributed by atoms with E-state index in [4.69, 9.17) is 0 Å². The number of fused-ring (bicyclic) bond motifs is 3. The molecule has 9 rings (SSSR count). The zero-order valence-electron chi connectivity index (χ0n) is 27.7. The van der Waals surface area contributed by atoms with Gasteiger partial charge in [-0.25, -0.2) is 4.39 Å². The Hall–Kier alpha value is -6.78. The number of halogens is 1. The number of hydrogen-bond acceptors (Lipinski definition) is 2. The first-order chi connectivity index (χ1) is 25.2.